The van der Waals surface area contributed by atoms with E-state index < -0.39 is 15.1 Å². The summed E-state index contributed by atoms with van der Waals surface area (Å²) in [5, 5.41) is 3.08. The molecule has 184 valence electrons. The van der Waals surface area contributed by atoms with Gasteiger partial charge in [0.15, 0.2) is 10.8 Å². The van der Waals surface area contributed by atoms with Crippen LogP contribution in [0.15, 0.2) is 12.3 Å². The second-order valence-corrected chi connectivity index (χ2v) is 13.2. The molecule has 2 aliphatic rings. The molecule has 0 unspecified atom stereocenters. The number of aromatic nitrogens is 2. The van der Waals surface area contributed by atoms with Crippen LogP contribution in [-0.2, 0) is 9.84 Å². The number of pyridine rings is 1. The van der Waals surface area contributed by atoms with Gasteiger partial charge in [-0.3, -0.25) is 9.59 Å². The maximum Gasteiger partial charge on any atom is 0.274 e. The van der Waals surface area contributed by atoms with E-state index in [9.17, 15) is 18.0 Å². The van der Waals surface area contributed by atoms with E-state index in [1.54, 1.807) is 6.20 Å². The van der Waals surface area contributed by atoms with Crippen LogP contribution >= 0.6 is 11.3 Å². The number of nitrogens with zero attached hydrogens (tertiary/aromatic N) is 3. The molecule has 1 atom stereocenters. The zero-order valence-electron chi connectivity index (χ0n) is 20.3. The third-order valence-electron chi connectivity index (χ3n) is 6.72. The monoisotopic (exact) mass is 504 g/mol. The van der Waals surface area contributed by atoms with Crippen LogP contribution < -0.4 is 5.32 Å². The van der Waals surface area contributed by atoms with Crippen molar-refractivity contribution >= 4 is 38.7 Å². The standard InChI is InChI=1S/C24H32N4O4S2/c1-13(2)26-19-9-14(3)18(12-25-19)22-20(24(30)28-8-6-7-15(28)4)27-23(33-22)21(29)16-10-17(11-16)34(5,31)32/h9,12-13,15-17H,6-8,10-11H2,1-5H3,(H,25,26)/t15-,16?,17?/m0/s1. The molecule has 0 aromatic carbocycles. The highest BCUT2D eigenvalue weighted by Gasteiger charge is 2.42. The Balaban J connectivity index is 1.69. The van der Waals surface area contributed by atoms with Crippen molar-refractivity contribution in [1.29, 1.82) is 0 Å². The number of Topliss-reactive ketones (excluding diaryl/α,β-unsaturated/α-hetero) is 1. The Hall–Kier alpha value is -2.33. The van der Waals surface area contributed by atoms with Gasteiger partial charge in [-0.2, -0.15) is 0 Å². The van der Waals surface area contributed by atoms with Crippen molar-refractivity contribution < 1.29 is 18.0 Å². The van der Waals surface area contributed by atoms with Gasteiger partial charge >= 0.3 is 0 Å². The summed E-state index contributed by atoms with van der Waals surface area (Å²) in [7, 11) is -3.15. The molecule has 0 spiro atoms. The zero-order valence-corrected chi connectivity index (χ0v) is 21.9. The van der Waals surface area contributed by atoms with E-state index in [2.05, 4.69) is 15.3 Å². The van der Waals surface area contributed by atoms with Crippen molar-refractivity contribution in [3.63, 3.8) is 0 Å². The fourth-order valence-corrected chi connectivity index (χ4v) is 6.91. The van der Waals surface area contributed by atoms with Gasteiger partial charge in [0.05, 0.1) is 10.1 Å². The summed E-state index contributed by atoms with van der Waals surface area (Å²) in [6.07, 6.45) is 5.46. The highest BCUT2D eigenvalue weighted by molar-refractivity contribution is 7.91. The van der Waals surface area contributed by atoms with E-state index in [4.69, 9.17) is 0 Å². The number of sulfone groups is 1. The molecule has 2 fully saturated rings. The van der Waals surface area contributed by atoms with Crippen molar-refractivity contribution in [2.45, 2.75) is 70.7 Å². The van der Waals surface area contributed by atoms with Crippen LogP contribution in [0.25, 0.3) is 10.4 Å². The number of rotatable bonds is 7. The van der Waals surface area contributed by atoms with Crippen LogP contribution in [0, 0.1) is 12.8 Å². The smallest absolute Gasteiger partial charge is 0.274 e. The van der Waals surface area contributed by atoms with Gasteiger partial charge in [0.1, 0.15) is 21.3 Å². The topological polar surface area (TPSA) is 109 Å². The summed E-state index contributed by atoms with van der Waals surface area (Å²) in [4.78, 5) is 38.2. The van der Waals surface area contributed by atoms with E-state index in [1.165, 1.54) is 17.6 Å². The van der Waals surface area contributed by atoms with Crippen LogP contribution in [-0.4, -0.2) is 65.1 Å². The molecule has 1 saturated carbocycles. The van der Waals surface area contributed by atoms with Crippen molar-refractivity contribution in [3.05, 3.63) is 28.5 Å². The van der Waals surface area contributed by atoms with Gasteiger partial charge in [0.2, 0.25) is 0 Å². The molecular weight excluding hydrogens is 472 g/mol. The summed E-state index contributed by atoms with van der Waals surface area (Å²) in [5.74, 6) is 0.0358. The van der Waals surface area contributed by atoms with Crippen LogP contribution in [0.4, 0.5) is 5.82 Å². The second-order valence-electron chi connectivity index (χ2n) is 9.85. The van der Waals surface area contributed by atoms with E-state index in [0.29, 0.717) is 24.3 Å². The zero-order chi connectivity index (χ0) is 24.8. The molecule has 1 aliphatic heterocycles. The lowest BCUT2D eigenvalue weighted by Crippen LogP contribution is -2.39. The maximum atomic E-state index is 13.5. The molecule has 1 aliphatic carbocycles. The minimum atomic E-state index is -3.15. The minimum absolute atomic E-state index is 0.125. The highest BCUT2D eigenvalue weighted by Crippen LogP contribution is 2.39. The number of aryl methyl sites for hydroxylation is 1. The summed E-state index contributed by atoms with van der Waals surface area (Å²) < 4.78 is 23.5. The average molecular weight is 505 g/mol. The van der Waals surface area contributed by atoms with Gasteiger partial charge in [-0.15, -0.1) is 11.3 Å². The Morgan fingerprint density at radius 2 is 1.97 bits per heavy atom. The molecule has 0 radical (unpaired) electrons. The normalized spacial score (nSPS) is 22.6. The number of carbonyl (C=O) groups is 2. The van der Waals surface area contributed by atoms with Gasteiger partial charge in [-0.1, -0.05) is 0 Å². The third-order valence-corrected chi connectivity index (χ3v) is 9.42. The molecule has 2 aromatic rings. The average Bonchev–Trinajstić information content (AvgIpc) is 3.31. The van der Waals surface area contributed by atoms with Gasteiger partial charge in [-0.25, -0.2) is 18.4 Å². The van der Waals surface area contributed by atoms with Gasteiger partial charge in [0, 0.05) is 42.6 Å². The van der Waals surface area contributed by atoms with Gasteiger partial charge in [0.25, 0.3) is 5.91 Å². The predicted molar refractivity (Wildman–Crippen MR) is 134 cm³/mol. The summed E-state index contributed by atoms with van der Waals surface area (Å²) >= 11 is 1.21. The Bertz CT molecular complexity index is 1220. The first kappa shape index (κ1) is 24.8. The molecule has 2 aromatic heterocycles. The van der Waals surface area contributed by atoms with E-state index >= 15 is 0 Å². The number of ketones is 1. The molecule has 10 heteroatoms. The number of anilines is 1. The summed E-state index contributed by atoms with van der Waals surface area (Å²) in [6.45, 7) is 8.73. The molecule has 0 bridgehead atoms. The lowest BCUT2D eigenvalue weighted by atomic mass is 9.81. The second kappa shape index (κ2) is 9.37. The molecule has 1 saturated heterocycles. The predicted octanol–water partition coefficient (Wildman–Crippen LogP) is 3.96. The molecule has 4 rings (SSSR count). The number of amides is 1. The molecular formula is C24H32N4O4S2. The number of carbonyl (C=O) groups excluding carboxylic acids is 2. The first-order valence-corrected chi connectivity index (χ1v) is 14.5. The molecule has 1 amide bonds. The van der Waals surface area contributed by atoms with Crippen LogP contribution in [0.1, 0.15) is 72.3 Å². The van der Waals surface area contributed by atoms with Gasteiger partial charge < -0.3 is 10.2 Å². The minimum Gasteiger partial charge on any atom is -0.368 e. The lowest BCUT2D eigenvalue weighted by molar-refractivity contribution is 0.0743. The quantitative estimate of drug-likeness (QED) is 0.568. The summed E-state index contributed by atoms with van der Waals surface area (Å²) in [5.41, 5.74) is 2.00. The van der Waals surface area contributed by atoms with E-state index in [-0.39, 0.29) is 40.4 Å². The van der Waals surface area contributed by atoms with Crippen molar-refractivity contribution in [2.75, 3.05) is 18.1 Å². The Morgan fingerprint density at radius 3 is 2.53 bits per heavy atom. The largest absolute Gasteiger partial charge is 0.368 e. The highest BCUT2D eigenvalue weighted by atomic mass is 32.2. The van der Waals surface area contributed by atoms with Gasteiger partial charge in [-0.05, 0) is 65.0 Å². The number of thiazole rings is 1. The van der Waals surface area contributed by atoms with Crippen molar-refractivity contribution in [3.8, 4) is 10.4 Å². The first-order valence-electron chi connectivity index (χ1n) is 11.7. The van der Waals surface area contributed by atoms with Crippen LogP contribution in [0.3, 0.4) is 0 Å². The van der Waals surface area contributed by atoms with E-state index in [1.807, 2.05) is 38.7 Å². The number of hydrogen-bond donors (Lipinski definition) is 1. The SMILES string of the molecule is Cc1cc(NC(C)C)ncc1-c1sc(C(=O)C2CC(S(C)(=O)=O)C2)nc1C(=O)N1CCC[C@@H]1C. The summed E-state index contributed by atoms with van der Waals surface area (Å²) in [6, 6.07) is 2.30. The number of nitrogens with one attached hydrogen (secondary N) is 1. The lowest BCUT2D eigenvalue weighted by Gasteiger charge is -2.31. The third kappa shape index (κ3) is 4.88. The molecule has 34 heavy (non-hydrogen) atoms. The number of hydrogen-bond acceptors (Lipinski definition) is 8. The number of likely N-dealkylation sites (tertiary alicyclic amines) is 1. The van der Waals surface area contributed by atoms with Crippen LogP contribution in [0.2, 0.25) is 0 Å². The molecule has 3 heterocycles. The Morgan fingerprint density at radius 1 is 1.26 bits per heavy atom. The fraction of sp³-hybridized carbons (Fsp3) is 0.583. The Kier molecular flexibility index (Phi) is 6.83. The molecule has 1 N–H and O–H groups in total. The fourth-order valence-electron chi connectivity index (χ4n) is 4.60. The first-order chi connectivity index (χ1) is 16.0. The van der Waals surface area contributed by atoms with Crippen LogP contribution in [0.5, 0.6) is 0 Å². The Labute approximate surface area is 205 Å². The van der Waals surface area contributed by atoms with Crippen molar-refractivity contribution in [2.24, 2.45) is 5.92 Å². The van der Waals surface area contributed by atoms with Crippen molar-refractivity contribution in [1.82, 2.24) is 14.9 Å². The maximum absolute atomic E-state index is 13.5. The molecule has 8 nitrogen and oxygen atoms in total. The van der Waals surface area contributed by atoms with E-state index in [0.717, 1.165) is 29.8 Å².